The second-order valence-electron chi connectivity index (χ2n) is 6.79. The highest BCUT2D eigenvalue weighted by Gasteiger charge is 2.34. The summed E-state index contributed by atoms with van der Waals surface area (Å²) in [7, 11) is 4.18. The summed E-state index contributed by atoms with van der Waals surface area (Å²) in [6.45, 7) is 5.69. The van der Waals surface area contributed by atoms with Gasteiger partial charge in [0.2, 0.25) is 0 Å². The Morgan fingerprint density at radius 3 is 2.70 bits per heavy atom. The Morgan fingerprint density at radius 2 is 2.00 bits per heavy atom. The average Bonchev–Trinajstić information content (AvgIpc) is 2.70. The molecule has 2 bridgehead atoms. The van der Waals surface area contributed by atoms with Crippen molar-refractivity contribution in [3.8, 4) is 6.07 Å². The number of hydrogen-bond donors (Lipinski definition) is 1. The van der Waals surface area contributed by atoms with E-state index in [1.54, 1.807) is 0 Å². The molecule has 2 aliphatic heterocycles. The van der Waals surface area contributed by atoms with Gasteiger partial charge in [-0.05, 0) is 72.6 Å². The SMILES string of the molecule is CNC(C)(C#N)CCCCN1CCC2CCC(C1)N2C. The molecule has 3 unspecified atom stereocenters. The highest BCUT2D eigenvalue weighted by Crippen LogP contribution is 2.28. The molecule has 0 spiro atoms. The number of nitrogens with one attached hydrogen (secondary N) is 1. The van der Waals surface area contributed by atoms with E-state index in [4.69, 9.17) is 5.26 Å². The smallest absolute Gasteiger partial charge is 0.103 e. The summed E-state index contributed by atoms with van der Waals surface area (Å²) in [4.78, 5) is 5.25. The fraction of sp³-hybridized carbons (Fsp3) is 0.938. The molecule has 2 rings (SSSR count). The second kappa shape index (κ2) is 6.89. The molecule has 114 valence electrons. The fourth-order valence-corrected chi connectivity index (χ4v) is 3.63. The van der Waals surface area contributed by atoms with E-state index >= 15 is 0 Å². The van der Waals surface area contributed by atoms with Gasteiger partial charge in [0.25, 0.3) is 0 Å². The van der Waals surface area contributed by atoms with E-state index in [2.05, 4.69) is 28.2 Å². The van der Waals surface area contributed by atoms with Crippen molar-refractivity contribution in [1.29, 1.82) is 5.26 Å². The molecule has 2 heterocycles. The first-order chi connectivity index (χ1) is 9.58. The molecule has 0 aromatic carbocycles. The van der Waals surface area contributed by atoms with Crippen LogP contribution in [0.25, 0.3) is 0 Å². The van der Waals surface area contributed by atoms with E-state index in [1.807, 2.05) is 14.0 Å². The number of nitrogens with zero attached hydrogens (tertiary/aromatic N) is 3. The van der Waals surface area contributed by atoms with Crippen LogP contribution in [0.2, 0.25) is 0 Å². The third kappa shape index (κ3) is 3.72. The van der Waals surface area contributed by atoms with E-state index in [9.17, 15) is 0 Å². The highest BCUT2D eigenvalue weighted by atomic mass is 15.3. The van der Waals surface area contributed by atoms with Gasteiger partial charge in [-0.2, -0.15) is 5.26 Å². The van der Waals surface area contributed by atoms with Crippen LogP contribution >= 0.6 is 0 Å². The molecular formula is C16H30N4. The summed E-state index contributed by atoms with van der Waals surface area (Å²) >= 11 is 0. The standard InChI is InChI=1S/C16H30N4/c1-16(13-17,18-2)9-4-5-10-20-11-8-14-6-7-15(12-20)19(14)3/h14-15,18H,4-12H2,1-3H3. The molecule has 0 amide bonds. The minimum absolute atomic E-state index is 0.349. The van der Waals surface area contributed by atoms with Gasteiger partial charge in [0.05, 0.1) is 6.07 Å². The Balaban J connectivity index is 1.69. The molecule has 0 saturated carbocycles. The maximum Gasteiger partial charge on any atom is 0.103 e. The van der Waals surface area contributed by atoms with Crippen molar-refractivity contribution in [1.82, 2.24) is 15.1 Å². The second-order valence-corrected chi connectivity index (χ2v) is 6.79. The predicted molar refractivity (Wildman–Crippen MR) is 82.6 cm³/mol. The number of rotatable bonds is 6. The quantitative estimate of drug-likeness (QED) is 0.753. The first kappa shape index (κ1) is 15.8. The van der Waals surface area contributed by atoms with Gasteiger partial charge >= 0.3 is 0 Å². The van der Waals surface area contributed by atoms with Crippen LogP contribution < -0.4 is 5.32 Å². The molecule has 4 nitrogen and oxygen atoms in total. The number of likely N-dealkylation sites (tertiary alicyclic amines) is 1. The molecule has 2 saturated heterocycles. The summed E-state index contributed by atoms with van der Waals surface area (Å²) in [5.41, 5.74) is -0.349. The maximum absolute atomic E-state index is 9.14. The van der Waals surface area contributed by atoms with Crippen molar-refractivity contribution in [3.63, 3.8) is 0 Å². The van der Waals surface area contributed by atoms with E-state index in [0.717, 1.165) is 24.9 Å². The topological polar surface area (TPSA) is 42.3 Å². The van der Waals surface area contributed by atoms with Gasteiger partial charge in [-0.15, -0.1) is 0 Å². The monoisotopic (exact) mass is 278 g/mol. The molecule has 2 fully saturated rings. The van der Waals surface area contributed by atoms with Crippen molar-refractivity contribution in [3.05, 3.63) is 0 Å². The summed E-state index contributed by atoms with van der Waals surface area (Å²) < 4.78 is 0. The molecule has 0 aromatic heterocycles. The van der Waals surface area contributed by atoms with Crippen molar-refractivity contribution < 1.29 is 0 Å². The molecular weight excluding hydrogens is 248 g/mol. The van der Waals surface area contributed by atoms with Crippen LogP contribution in [0.3, 0.4) is 0 Å². The van der Waals surface area contributed by atoms with Gasteiger partial charge in [-0.25, -0.2) is 0 Å². The van der Waals surface area contributed by atoms with E-state index in [1.165, 1.54) is 45.3 Å². The summed E-state index contributed by atoms with van der Waals surface area (Å²) in [5, 5.41) is 12.3. The zero-order valence-corrected chi connectivity index (χ0v) is 13.4. The fourth-order valence-electron chi connectivity index (χ4n) is 3.63. The number of fused-ring (bicyclic) bond motifs is 2. The Labute approximate surface area is 124 Å². The lowest BCUT2D eigenvalue weighted by Crippen LogP contribution is -2.38. The zero-order valence-electron chi connectivity index (χ0n) is 13.4. The number of likely N-dealkylation sites (N-methyl/N-ethyl adjacent to an activating group) is 1. The van der Waals surface area contributed by atoms with Crippen LogP contribution in [-0.2, 0) is 0 Å². The van der Waals surface area contributed by atoms with Crippen molar-refractivity contribution in [2.24, 2.45) is 0 Å². The van der Waals surface area contributed by atoms with Crippen LogP contribution in [0.5, 0.6) is 0 Å². The van der Waals surface area contributed by atoms with Crippen LogP contribution in [-0.4, -0.2) is 61.2 Å². The van der Waals surface area contributed by atoms with Gasteiger partial charge in [-0.1, -0.05) is 0 Å². The molecule has 0 aromatic rings. The van der Waals surface area contributed by atoms with E-state index in [-0.39, 0.29) is 5.54 Å². The molecule has 4 heteroatoms. The van der Waals surface area contributed by atoms with Crippen LogP contribution in [0.4, 0.5) is 0 Å². The Kier molecular flexibility index (Phi) is 5.42. The largest absolute Gasteiger partial charge is 0.303 e. The minimum atomic E-state index is -0.349. The third-order valence-electron chi connectivity index (χ3n) is 5.43. The molecule has 3 atom stereocenters. The number of unbranched alkanes of at least 4 members (excludes halogenated alkanes) is 1. The maximum atomic E-state index is 9.14. The highest BCUT2D eigenvalue weighted by molar-refractivity contribution is 5.02. The van der Waals surface area contributed by atoms with Crippen molar-refractivity contribution in [2.75, 3.05) is 33.7 Å². The Bertz CT molecular complexity index is 351. The van der Waals surface area contributed by atoms with Crippen LogP contribution in [0.15, 0.2) is 0 Å². The van der Waals surface area contributed by atoms with Gasteiger partial charge < -0.3 is 10.2 Å². The lowest BCUT2D eigenvalue weighted by Gasteiger charge is -2.26. The van der Waals surface area contributed by atoms with Crippen molar-refractivity contribution in [2.45, 2.75) is 63.1 Å². The van der Waals surface area contributed by atoms with Crippen LogP contribution in [0, 0.1) is 11.3 Å². The first-order valence-corrected chi connectivity index (χ1v) is 8.12. The first-order valence-electron chi connectivity index (χ1n) is 8.12. The Hall–Kier alpha value is -0.630. The van der Waals surface area contributed by atoms with Gasteiger partial charge in [0, 0.05) is 18.6 Å². The summed E-state index contributed by atoms with van der Waals surface area (Å²) in [6, 6.07) is 3.98. The summed E-state index contributed by atoms with van der Waals surface area (Å²) in [5.74, 6) is 0. The Morgan fingerprint density at radius 1 is 1.25 bits per heavy atom. The van der Waals surface area contributed by atoms with E-state index in [0.29, 0.717) is 0 Å². The summed E-state index contributed by atoms with van der Waals surface area (Å²) in [6.07, 6.45) is 7.40. The lowest BCUT2D eigenvalue weighted by atomic mass is 9.97. The molecule has 20 heavy (non-hydrogen) atoms. The van der Waals surface area contributed by atoms with Crippen LogP contribution in [0.1, 0.15) is 45.4 Å². The third-order valence-corrected chi connectivity index (χ3v) is 5.43. The van der Waals surface area contributed by atoms with Gasteiger partial charge in [0.15, 0.2) is 0 Å². The molecule has 1 N–H and O–H groups in total. The zero-order chi connectivity index (χ0) is 14.6. The average molecular weight is 278 g/mol. The lowest BCUT2D eigenvalue weighted by molar-refractivity contribution is 0.215. The number of nitriles is 1. The normalized spacial score (nSPS) is 30.7. The van der Waals surface area contributed by atoms with E-state index < -0.39 is 0 Å². The minimum Gasteiger partial charge on any atom is -0.303 e. The number of hydrogen-bond acceptors (Lipinski definition) is 4. The van der Waals surface area contributed by atoms with Gasteiger partial charge in [0.1, 0.15) is 5.54 Å². The predicted octanol–water partition coefficient (Wildman–Crippen LogP) is 1.83. The molecule has 0 aliphatic carbocycles. The molecule has 2 aliphatic rings. The van der Waals surface area contributed by atoms with Gasteiger partial charge in [-0.3, -0.25) is 4.90 Å². The van der Waals surface area contributed by atoms with Crippen molar-refractivity contribution >= 4 is 0 Å². The molecule has 0 radical (unpaired) electrons.